The summed E-state index contributed by atoms with van der Waals surface area (Å²) in [4.78, 5) is 25.3. The lowest BCUT2D eigenvalue weighted by atomic mass is 9.75. The molecular formula is C26H21ClO2. The molecular weight excluding hydrogens is 380 g/mol. The van der Waals surface area contributed by atoms with Crippen LogP contribution in [0.4, 0.5) is 0 Å². The van der Waals surface area contributed by atoms with Crippen LogP contribution in [0, 0.1) is 5.41 Å². The highest BCUT2D eigenvalue weighted by molar-refractivity contribution is 6.47. The molecule has 0 saturated heterocycles. The zero-order valence-electron chi connectivity index (χ0n) is 16.6. The molecule has 0 heterocycles. The van der Waals surface area contributed by atoms with Crippen LogP contribution in [0.5, 0.6) is 0 Å². The molecule has 0 N–H and O–H groups in total. The molecule has 2 nitrogen and oxygen atoms in total. The summed E-state index contributed by atoms with van der Waals surface area (Å²) in [7, 11) is 0. The van der Waals surface area contributed by atoms with Crippen LogP contribution in [0.25, 0.3) is 11.1 Å². The lowest BCUT2D eigenvalue weighted by Gasteiger charge is -2.27. The number of carbonyl (C=O) groups excluding carboxylic acids is 2. The van der Waals surface area contributed by atoms with Crippen molar-refractivity contribution in [3.8, 4) is 0 Å². The van der Waals surface area contributed by atoms with Gasteiger partial charge in [-0.25, -0.2) is 0 Å². The van der Waals surface area contributed by atoms with Gasteiger partial charge in [-0.3, -0.25) is 9.59 Å². The second-order valence-corrected chi connectivity index (χ2v) is 8.70. The molecule has 2 aromatic carbocycles. The molecule has 2 aromatic rings. The smallest absolute Gasteiger partial charge is 0.204 e. The van der Waals surface area contributed by atoms with Gasteiger partial charge in [0, 0.05) is 16.7 Å². The van der Waals surface area contributed by atoms with Gasteiger partial charge in [-0.15, -0.1) is 0 Å². The van der Waals surface area contributed by atoms with Gasteiger partial charge in [-0.2, -0.15) is 0 Å². The summed E-state index contributed by atoms with van der Waals surface area (Å²) in [6.45, 7) is 6.14. The van der Waals surface area contributed by atoms with Crippen molar-refractivity contribution in [2.24, 2.45) is 5.41 Å². The highest BCUT2D eigenvalue weighted by Gasteiger charge is 2.30. The maximum absolute atomic E-state index is 13.0. The highest BCUT2D eigenvalue weighted by atomic mass is 35.5. The predicted octanol–water partition coefficient (Wildman–Crippen LogP) is 6.64. The molecule has 0 radical (unpaired) electrons. The number of benzene rings is 2. The lowest BCUT2D eigenvalue weighted by molar-refractivity contribution is 0.101. The maximum Gasteiger partial charge on any atom is 0.204 e. The van der Waals surface area contributed by atoms with Crippen molar-refractivity contribution < 1.29 is 9.59 Å². The molecule has 29 heavy (non-hydrogen) atoms. The Balaban J connectivity index is 1.88. The predicted molar refractivity (Wildman–Crippen MR) is 119 cm³/mol. The minimum atomic E-state index is -0.260. The van der Waals surface area contributed by atoms with E-state index in [2.05, 4.69) is 0 Å². The molecule has 0 aromatic heterocycles. The van der Waals surface area contributed by atoms with E-state index in [0.717, 1.165) is 33.4 Å². The highest BCUT2D eigenvalue weighted by Crippen LogP contribution is 2.38. The van der Waals surface area contributed by atoms with Crippen LogP contribution < -0.4 is 0 Å². The minimum Gasteiger partial charge on any atom is -0.289 e. The van der Waals surface area contributed by atoms with E-state index in [-0.39, 0.29) is 22.0 Å². The van der Waals surface area contributed by atoms with Gasteiger partial charge in [0.05, 0.1) is 5.03 Å². The number of carbonyl (C=O) groups is 2. The average molecular weight is 401 g/mol. The molecule has 0 amide bonds. The van der Waals surface area contributed by atoms with Crippen LogP contribution in [-0.4, -0.2) is 11.6 Å². The largest absolute Gasteiger partial charge is 0.289 e. The van der Waals surface area contributed by atoms with Crippen LogP contribution in [0.3, 0.4) is 0 Å². The van der Waals surface area contributed by atoms with Crippen LogP contribution >= 0.6 is 11.6 Å². The summed E-state index contributed by atoms with van der Waals surface area (Å²) in [6, 6.07) is 15.1. The normalized spacial score (nSPS) is 19.0. The Hall–Kier alpha value is -2.97. The summed E-state index contributed by atoms with van der Waals surface area (Å²) in [5.41, 5.74) is 5.47. The van der Waals surface area contributed by atoms with Gasteiger partial charge in [0.1, 0.15) is 0 Å². The summed E-state index contributed by atoms with van der Waals surface area (Å²) in [5, 5.41) is 0.207. The first-order valence-electron chi connectivity index (χ1n) is 9.57. The molecule has 0 saturated carbocycles. The van der Waals surface area contributed by atoms with Gasteiger partial charge in [-0.1, -0.05) is 93.1 Å². The van der Waals surface area contributed by atoms with E-state index < -0.39 is 0 Å². The second-order valence-electron chi connectivity index (χ2n) is 8.29. The number of rotatable bonds is 1. The van der Waals surface area contributed by atoms with Gasteiger partial charge in [0.2, 0.25) is 5.78 Å². The number of Topliss-reactive ketones (excluding diaryl/α,β-unsaturated/α-hetero) is 2. The Labute approximate surface area is 175 Å². The van der Waals surface area contributed by atoms with Gasteiger partial charge >= 0.3 is 0 Å². The van der Waals surface area contributed by atoms with Crippen molar-refractivity contribution in [2.75, 3.05) is 0 Å². The van der Waals surface area contributed by atoms with Gasteiger partial charge in [-0.05, 0) is 39.8 Å². The van der Waals surface area contributed by atoms with Gasteiger partial charge in [0.25, 0.3) is 0 Å². The summed E-state index contributed by atoms with van der Waals surface area (Å²) in [6.07, 6.45) is 7.65. The minimum absolute atomic E-state index is 0.0782. The molecule has 0 fully saturated rings. The molecule has 2 aliphatic carbocycles. The molecule has 4 rings (SSSR count). The van der Waals surface area contributed by atoms with E-state index in [9.17, 15) is 9.59 Å². The molecule has 0 aliphatic heterocycles. The van der Waals surface area contributed by atoms with Gasteiger partial charge < -0.3 is 0 Å². The Morgan fingerprint density at radius 3 is 1.66 bits per heavy atom. The number of hydrogen-bond acceptors (Lipinski definition) is 2. The monoisotopic (exact) mass is 400 g/mol. The van der Waals surface area contributed by atoms with E-state index in [1.807, 2.05) is 81.5 Å². The first kappa shape index (κ1) is 19.4. The Morgan fingerprint density at radius 2 is 1.14 bits per heavy atom. The van der Waals surface area contributed by atoms with Crippen LogP contribution in [0.1, 0.15) is 52.6 Å². The Morgan fingerprint density at radius 1 is 0.690 bits per heavy atom. The Kier molecular flexibility index (Phi) is 4.76. The Bertz CT molecular complexity index is 1170. The third-order valence-corrected chi connectivity index (χ3v) is 5.54. The van der Waals surface area contributed by atoms with Crippen LogP contribution in [0.15, 0.2) is 83.4 Å². The summed E-state index contributed by atoms with van der Waals surface area (Å²) >= 11 is 6.19. The zero-order valence-corrected chi connectivity index (χ0v) is 17.4. The molecule has 0 bridgehead atoms. The van der Waals surface area contributed by atoms with Crippen molar-refractivity contribution in [1.29, 1.82) is 0 Å². The standard InChI is InChI=1S/C26H21ClO2/c1-26(2,3)22-14-16(18-8-4-6-10-20(18)24(22)28)12-13-17-15-23(27)25(29)21-11-7-5-9-19(17)21/h4-15H,1-3H3. The lowest BCUT2D eigenvalue weighted by Crippen LogP contribution is -2.22. The first-order valence-corrected chi connectivity index (χ1v) is 9.95. The molecule has 144 valence electrons. The number of ketones is 2. The fourth-order valence-electron chi connectivity index (χ4n) is 3.73. The topological polar surface area (TPSA) is 34.1 Å². The van der Waals surface area contributed by atoms with E-state index in [0.29, 0.717) is 5.56 Å². The maximum atomic E-state index is 13.0. The third kappa shape index (κ3) is 3.45. The fraction of sp³-hybridized carbons (Fsp3) is 0.154. The SMILES string of the molecule is CC(C)(C)C1=CC(=CC=C2C=C(Cl)C(=O)c3ccccc32)c2ccccc2C1=O. The van der Waals surface area contributed by atoms with Crippen LogP contribution in [-0.2, 0) is 0 Å². The van der Waals surface area contributed by atoms with Crippen molar-refractivity contribution >= 4 is 34.3 Å². The average Bonchev–Trinajstić information content (AvgIpc) is 2.70. The molecule has 0 unspecified atom stereocenters. The molecule has 3 heteroatoms. The number of allylic oxidation sites excluding steroid dienone is 8. The molecule has 0 atom stereocenters. The molecule has 0 spiro atoms. The number of halogens is 1. The van der Waals surface area contributed by atoms with Crippen LogP contribution in [0.2, 0.25) is 0 Å². The van der Waals surface area contributed by atoms with E-state index in [4.69, 9.17) is 11.6 Å². The van der Waals surface area contributed by atoms with Crippen molar-refractivity contribution in [2.45, 2.75) is 20.8 Å². The summed E-state index contributed by atoms with van der Waals surface area (Å²) < 4.78 is 0. The molecule has 2 aliphatic rings. The summed E-state index contributed by atoms with van der Waals surface area (Å²) in [5.74, 6) is -0.0787. The van der Waals surface area contributed by atoms with Crippen molar-refractivity contribution in [3.63, 3.8) is 0 Å². The zero-order chi connectivity index (χ0) is 20.8. The van der Waals surface area contributed by atoms with Gasteiger partial charge in [0.15, 0.2) is 5.78 Å². The first-order chi connectivity index (χ1) is 13.8. The van der Waals surface area contributed by atoms with E-state index in [1.54, 1.807) is 12.1 Å². The van der Waals surface area contributed by atoms with E-state index in [1.165, 1.54) is 0 Å². The fourth-order valence-corrected chi connectivity index (χ4v) is 3.95. The number of fused-ring (bicyclic) bond motifs is 2. The quantitative estimate of drug-likeness (QED) is 0.537. The second kappa shape index (κ2) is 7.13. The number of hydrogen-bond donors (Lipinski definition) is 0. The van der Waals surface area contributed by atoms with Crippen molar-refractivity contribution in [3.05, 3.63) is 106 Å². The van der Waals surface area contributed by atoms with Crippen molar-refractivity contribution in [1.82, 2.24) is 0 Å². The third-order valence-electron chi connectivity index (χ3n) is 5.26. The van der Waals surface area contributed by atoms with E-state index >= 15 is 0 Å².